The first-order valence-electron chi connectivity index (χ1n) is 19.1. The second kappa shape index (κ2) is 16.0. The summed E-state index contributed by atoms with van der Waals surface area (Å²) >= 11 is 0. The van der Waals surface area contributed by atoms with Gasteiger partial charge in [0, 0.05) is 30.2 Å². The molecule has 6 N–H and O–H groups in total. The number of fused-ring (bicyclic) bond motifs is 3. The van der Waals surface area contributed by atoms with E-state index in [1.54, 1.807) is 0 Å². The van der Waals surface area contributed by atoms with Gasteiger partial charge < -0.3 is 31.3 Å². The summed E-state index contributed by atoms with van der Waals surface area (Å²) in [4.78, 5) is 0. The third-order valence-electron chi connectivity index (χ3n) is 11.8. The van der Waals surface area contributed by atoms with Crippen molar-refractivity contribution in [3.05, 3.63) is 106 Å². The van der Waals surface area contributed by atoms with Crippen LogP contribution in [-0.2, 0) is 19.3 Å². The lowest BCUT2D eigenvalue weighted by molar-refractivity contribution is 0.125. The first-order valence-corrected chi connectivity index (χ1v) is 19.1. The smallest absolute Gasteiger partial charge is 0.0948 e. The predicted molar refractivity (Wildman–Crippen MR) is 193 cm³/mol. The van der Waals surface area contributed by atoms with Crippen molar-refractivity contribution in [2.45, 2.75) is 138 Å². The van der Waals surface area contributed by atoms with Gasteiger partial charge >= 0.3 is 0 Å². The van der Waals surface area contributed by atoms with Crippen molar-refractivity contribution in [1.82, 2.24) is 16.0 Å². The second-order valence-electron chi connectivity index (χ2n) is 15.4. The highest BCUT2D eigenvalue weighted by molar-refractivity contribution is 5.37. The Bertz CT molecular complexity index is 1460. The Balaban J connectivity index is 0.000000115. The Morgan fingerprint density at radius 1 is 0.458 bits per heavy atom. The molecule has 6 heteroatoms. The number of aliphatic hydroxyl groups excluding tert-OH is 3. The maximum atomic E-state index is 10.4. The first-order chi connectivity index (χ1) is 23.5. The number of aliphatic hydroxyl groups is 3. The Morgan fingerprint density at radius 3 is 1.29 bits per heavy atom. The van der Waals surface area contributed by atoms with Gasteiger partial charge in [0.2, 0.25) is 0 Å². The summed E-state index contributed by atoms with van der Waals surface area (Å²) in [6, 6.07) is 26.8. The molecule has 0 bridgehead atoms. The monoisotopic (exact) mass is 651 g/mol. The van der Waals surface area contributed by atoms with Crippen molar-refractivity contribution in [3.63, 3.8) is 0 Å². The molecule has 0 aliphatic heterocycles. The van der Waals surface area contributed by atoms with E-state index in [1.165, 1.54) is 87.3 Å². The van der Waals surface area contributed by atoms with Crippen molar-refractivity contribution in [2.24, 2.45) is 5.92 Å². The maximum Gasteiger partial charge on any atom is 0.0948 e. The van der Waals surface area contributed by atoms with Crippen LogP contribution < -0.4 is 16.0 Å². The van der Waals surface area contributed by atoms with Crippen LogP contribution in [0.5, 0.6) is 0 Å². The number of rotatable bonds is 7. The summed E-state index contributed by atoms with van der Waals surface area (Å²) in [6.07, 6.45) is 16.8. The molecule has 9 rings (SSSR count). The van der Waals surface area contributed by atoms with Crippen LogP contribution in [0, 0.1) is 5.92 Å². The molecular formula is C42H57N3O3. The molecule has 0 heterocycles. The molecule has 3 saturated carbocycles. The van der Waals surface area contributed by atoms with Gasteiger partial charge in [0.05, 0.1) is 18.3 Å². The molecule has 6 atom stereocenters. The molecule has 3 aromatic rings. The van der Waals surface area contributed by atoms with E-state index in [0.29, 0.717) is 12.1 Å². The van der Waals surface area contributed by atoms with Crippen molar-refractivity contribution >= 4 is 0 Å². The fourth-order valence-corrected chi connectivity index (χ4v) is 8.52. The summed E-state index contributed by atoms with van der Waals surface area (Å²) in [7, 11) is 0. The SMILES string of the molecule is OC1c2ccccc2C[C@@H]1NC1CC1.OC1c2ccccc2C[C@@H]1NC1CCC1.OC1c2ccccc2C[C@@H]1NCC1CCCCCC1. The van der Waals surface area contributed by atoms with Gasteiger partial charge in [-0.1, -0.05) is 105 Å². The van der Waals surface area contributed by atoms with Gasteiger partial charge in [-0.2, -0.15) is 0 Å². The minimum Gasteiger partial charge on any atom is -0.387 e. The van der Waals surface area contributed by atoms with Crippen molar-refractivity contribution in [3.8, 4) is 0 Å². The van der Waals surface area contributed by atoms with Gasteiger partial charge in [0.15, 0.2) is 0 Å². The number of hydrogen-bond donors (Lipinski definition) is 6. The van der Waals surface area contributed by atoms with Gasteiger partial charge in [0.25, 0.3) is 0 Å². The molecule has 3 unspecified atom stereocenters. The average molecular weight is 652 g/mol. The highest BCUT2D eigenvalue weighted by Crippen LogP contribution is 2.35. The highest BCUT2D eigenvalue weighted by Gasteiger charge is 2.35. The van der Waals surface area contributed by atoms with E-state index in [2.05, 4.69) is 52.3 Å². The van der Waals surface area contributed by atoms with E-state index in [0.717, 1.165) is 48.4 Å². The van der Waals surface area contributed by atoms with Gasteiger partial charge in [-0.05, 0) is 104 Å². The minimum atomic E-state index is -0.318. The zero-order chi connectivity index (χ0) is 32.9. The van der Waals surface area contributed by atoms with Crippen LogP contribution in [0.3, 0.4) is 0 Å². The largest absolute Gasteiger partial charge is 0.387 e. The first kappa shape index (κ1) is 33.9. The Morgan fingerprint density at radius 2 is 0.875 bits per heavy atom. The van der Waals surface area contributed by atoms with Gasteiger partial charge in [-0.3, -0.25) is 0 Å². The van der Waals surface area contributed by atoms with E-state index < -0.39 is 0 Å². The zero-order valence-corrected chi connectivity index (χ0v) is 28.6. The van der Waals surface area contributed by atoms with E-state index in [1.807, 2.05) is 36.4 Å². The molecule has 0 amide bonds. The van der Waals surface area contributed by atoms with Crippen LogP contribution in [0.25, 0.3) is 0 Å². The molecule has 6 aliphatic rings. The third-order valence-corrected chi connectivity index (χ3v) is 11.8. The van der Waals surface area contributed by atoms with Gasteiger partial charge in [-0.15, -0.1) is 0 Å². The fraction of sp³-hybridized carbons (Fsp3) is 0.571. The molecule has 3 aromatic carbocycles. The highest BCUT2D eigenvalue weighted by atomic mass is 16.3. The predicted octanol–water partition coefficient (Wildman–Crippen LogP) is 6.39. The van der Waals surface area contributed by atoms with E-state index in [-0.39, 0.29) is 36.4 Å². The summed E-state index contributed by atoms with van der Waals surface area (Å²) in [5.74, 6) is 0.818. The maximum absolute atomic E-state index is 10.4. The molecule has 0 aromatic heterocycles. The van der Waals surface area contributed by atoms with Gasteiger partial charge in [0.1, 0.15) is 0 Å². The van der Waals surface area contributed by atoms with Gasteiger partial charge in [-0.25, -0.2) is 0 Å². The van der Waals surface area contributed by atoms with Crippen LogP contribution in [0.15, 0.2) is 72.8 Å². The van der Waals surface area contributed by atoms with Crippen LogP contribution in [-0.4, -0.2) is 52.1 Å². The van der Waals surface area contributed by atoms with Crippen LogP contribution in [0.4, 0.5) is 0 Å². The quantitative estimate of drug-likeness (QED) is 0.166. The van der Waals surface area contributed by atoms with E-state index >= 15 is 0 Å². The number of benzene rings is 3. The molecule has 0 saturated heterocycles. The standard InChI is InChI=1S/C17H25NO.C13H17NO.C12H15NO/c19-17-15-10-6-5-9-14(15)11-16(17)18-12-13-7-3-1-2-4-8-13;15-13-11-7-2-1-4-9(11)8-12(13)14-10-5-3-6-10;14-12-10-4-2-1-3-8(10)7-11(12)13-9-5-6-9/h5-6,9-10,13,16-19H,1-4,7-8,11-12H2;1-2,4,7,10,12-15H,3,5-6,8H2;1-4,9,11-14H,5-7H2/t16-,17?;12-,13?;11-,12?/m000/s1. The van der Waals surface area contributed by atoms with Crippen molar-refractivity contribution in [1.29, 1.82) is 0 Å². The lowest BCUT2D eigenvalue weighted by Gasteiger charge is -2.31. The third kappa shape index (κ3) is 8.23. The van der Waals surface area contributed by atoms with E-state index in [9.17, 15) is 15.3 Å². The van der Waals surface area contributed by atoms with E-state index in [4.69, 9.17) is 0 Å². The fourth-order valence-electron chi connectivity index (χ4n) is 8.52. The molecule has 3 fully saturated rings. The molecule has 6 aliphatic carbocycles. The van der Waals surface area contributed by atoms with Crippen LogP contribution in [0.2, 0.25) is 0 Å². The topological polar surface area (TPSA) is 96.8 Å². The average Bonchev–Trinajstić information content (AvgIpc) is 3.77. The molecule has 258 valence electrons. The Labute approximate surface area is 287 Å². The summed E-state index contributed by atoms with van der Waals surface area (Å²) in [5.41, 5.74) is 7.29. The summed E-state index contributed by atoms with van der Waals surface area (Å²) in [6.45, 7) is 1.08. The summed E-state index contributed by atoms with van der Waals surface area (Å²) < 4.78 is 0. The zero-order valence-electron chi connectivity index (χ0n) is 28.6. The van der Waals surface area contributed by atoms with Crippen molar-refractivity contribution in [2.75, 3.05) is 6.54 Å². The molecule has 0 radical (unpaired) electrons. The van der Waals surface area contributed by atoms with Crippen molar-refractivity contribution < 1.29 is 15.3 Å². The number of nitrogens with one attached hydrogen (secondary N) is 3. The Hall–Kier alpha value is -2.58. The molecule has 6 nitrogen and oxygen atoms in total. The number of hydrogen-bond acceptors (Lipinski definition) is 6. The Kier molecular flexibility index (Phi) is 11.3. The normalized spacial score (nSPS) is 29.3. The van der Waals surface area contributed by atoms with Crippen LogP contribution in [0.1, 0.15) is 122 Å². The molecular weight excluding hydrogens is 594 g/mol. The lowest BCUT2D eigenvalue weighted by atomic mass is 9.92. The lowest BCUT2D eigenvalue weighted by Crippen LogP contribution is -2.44. The minimum absolute atomic E-state index is 0.223. The molecule has 48 heavy (non-hydrogen) atoms. The molecule has 0 spiro atoms. The summed E-state index contributed by atoms with van der Waals surface area (Å²) in [5, 5.41) is 41.3. The second-order valence-corrected chi connectivity index (χ2v) is 15.4. The van der Waals surface area contributed by atoms with Crippen LogP contribution >= 0.6 is 0 Å².